The van der Waals surface area contributed by atoms with Crippen LogP contribution in [0.5, 0.6) is 0 Å². The number of rotatable bonds is 2. The maximum atomic E-state index is 10.4. The Morgan fingerprint density at radius 2 is 2.17 bits per heavy atom. The predicted octanol–water partition coefficient (Wildman–Crippen LogP) is 0.248. The zero-order chi connectivity index (χ0) is 9.19. The molecule has 72 valence electrons. The predicted molar refractivity (Wildman–Crippen MR) is 42.9 cm³/mol. The molecule has 0 aromatic heterocycles. The lowest BCUT2D eigenvalue weighted by Crippen LogP contribution is -2.39. The van der Waals surface area contributed by atoms with Crippen LogP contribution in [0.2, 0.25) is 0 Å². The third-order valence-electron chi connectivity index (χ3n) is 1.94. The molecule has 6 heteroatoms. The minimum absolute atomic E-state index is 0.492. The maximum Gasteiger partial charge on any atom is 0.398 e. The summed E-state index contributed by atoms with van der Waals surface area (Å²) in [6, 6.07) is 0. The smallest absolute Gasteiger partial charge is 0.280 e. The van der Waals surface area contributed by atoms with Crippen molar-refractivity contribution in [3.8, 4) is 0 Å². The van der Waals surface area contributed by atoms with Gasteiger partial charge in [-0.3, -0.25) is 9.45 Å². The molecule has 0 aromatic carbocycles. The fourth-order valence-corrected chi connectivity index (χ4v) is 1.83. The van der Waals surface area contributed by atoms with E-state index in [2.05, 4.69) is 4.18 Å². The first-order valence-corrected chi connectivity index (χ1v) is 5.21. The molecule has 12 heavy (non-hydrogen) atoms. The molecule has 1 heterocycles. The lowest BCUT2D eigenvalue weighted by atomic mass is 10.1. The van der Waals surface area contributed by atoms with Crippen molar-refractivity contribution in [3.63, 3.8) is 0 Å². The van der Waals surface area contributed by atoms with E-state index in [0.717, 1.165) is 19.4 Å². The average Bonchev–Trinajstić information content (AvgIpc) is 1.91. The molecule has 1 unspecified atom stereocenters. The van der Waals surface area contributed by atoms with Crippen molar-refractivity contribution < 1.29 is 17.2 Å². The van der Waals surface area contributed by atoms with Crippen molar-refractivity contribution in [2.24, 2.45) is 0 Å². The van der Waals surface area contributed by atoms with E-state index in [1.54, 1.807) is 11.9 Å². The molecule has 0 aliphatic carbocycles. The molecule has 1 rings (SSSR count). The number of nitrogens with zero attached hydrogens (tertiary/aromatic N) is 1. The average molecular weight is 195 g/mol. The van der Waals surface area contributed by atoms with Crippen molar-refractivity contribution in [2.45, 2.75) is 25.5 Å². The Morgan fingerprint density at radius 1 is 1.50 bits per heavy atom. The minimum atomic E-state index is -4.30. The molecule has 1 fully saturated rings. The zero-order valence-corrected chi connectivity index (χ0v) is 7.75. The van der Waals surface area contributed by atoms with Crippen molar-refractivity contribution in [3.05, 3.63) is 0 Å². The van der Waals surface area contributed by atoms with Crippen LogP contribution in [-0.2, 0) is 14.6 Å². The first kappa shape index (κ1) is 9.91. The Hall–Kier alpha value is -0.170. The van der Waals surface area contributed by atoms with Gasteiger partial charge in [-0.15, -0.1) is 0 Å². The Kier molecular flexibility index (Phi) is 3.05. The first-order valence-electron chi connectivity index (χ1n) is 3.85. The van der Waals surface area contributed by atoms with E-state index in [0.29, 0.717) is 6.42 Å². The van der Waals surface area contributed by atoms with E-state index in [9.17, 15) is 8.42 Å². The van der Waals surface area contributed by atoms with Crippen LogP contribution in [0.4, 0.5) is 0 Å². The van der Waals surface area contributed by atoms with E-state index in [1.807, 2.05) is 0 Å². The standard InChI is InChI=1S/C6H13NO4S/c1-7-5-3-2-4-6(7)11-12(8,9)10/h6H,2-5H2,1H3,(H,8,9,10). The number of piperidine rings is 1. The second kappa shape index (κ2) is 3.69. The van der Waals surface area contributed by atoms with E-state index in [1.165, 1.54) is 0 Å². The van der Waals surface area contributed by atoms with E-state index >= 15 is 0 Å². The van der Waals surface area contributed by atoms with E-state index in [4.69, 9.17) is 4.55 Å². The molecule has 0 aromatic rings. The molecule has 0 radical (unpaired) electrons. The van der Waals surface area contributed by atoms with Crippen LogP contribution in [0, 0.1) is 0 Å². The van der Waals surface area contributed by atoms with Crippen LogP contribution in [0.15, 0.2) is 0 Å². The molecule has 1 atom stereocenters. The maximum absolute atomic E-state index is 10.4. The summed E-state index contributed by atoms with van der Waals surface area (Å²) >= 11 is 0. The summed E-state index contributed by atoms with van der Waals surface area (Å²) in [6.45, 7) is 0.806. The molecule has 1 N–H and O–H groups in total. The lowest BCUT2D eigenvalue weighted by molar-refractivity contribution is 0.0119. The topological polar surface area (TPSA) is 66.8 Å². The van der Waals surface area contributed by atoms with Gasteiger partial charge in [0, 0.05) is 6.54 Å². The Balaban J connectivity index is 2.50. The van der Waals surface area contributed by atoms with Gasteiger partial charge in [-0.2, -0.15) is 8.42 Å². The Labute approximate surface area is 72.3 Å². The summed E-state index contributed by atoms with van der Waals surface area (Å²) in [5.74, 6) is 0. The number of hydrogen-bond acceptors (Lipinski definition) is 4. The Morgan fingerprint density at radius 3 is 2.67 bits per heavy atom. The van der Waals surface area contributed by atoms with Crippen LogP contribution in [0.25, 0.3) is 0 Å². The van der Waals surface area contributed by atoms with Crippen molar-refractivity contribution in [1.82, 2.24) is 4.90 Å². The third-order valence-corrected chi connectivity index (χ3v) is 2.40. The molecule has 5 nitrogen and oxygen atoms in total. The second-order valence-electron chi connectivity index (χ2n) is 2.95. The van der Waals surface area contributed by atoms with Crippen LogP contribution < -0.4 is 0 Å². The van der Waals surface area contributed by atoms with Crippen molar-refractivity contribution in [1.29, 1.82) is 0 Å². The van der Waals surface area contributed by atoms with Gasteiger partial charge in [-0.25, -0.2) is 4.18 Å². The molecular weight excluding hydrogens is 182 g/mol. The van der Waals surface area contributed by atoms with Gasteiger partial charge in [0.2, 0.25) is 0 Å². The van der Waals surface area contributed by atoms with Crippen molar-refractivity contribution in [2.75, 3.05) is 13.6 Å². The van der Waals surface area contributed by atoms with Crippen LogP contribution >= 0.6 is 0 Å². The molecule has 0 spiro atoms. The van der Waals surface area contributed by atoms with E-state index < -0.39 is 16.6 Å². The summed E-state index contributed by atoms with van der Waals surface area (Å²) in [4.78, 5) is 1.78. The van der Waals surface area contributed by atoms with Crippen LogP contribution in [0.1, 0.15) is 19.3 Å². The fraction of sp³-hybridized carbons (Fsp3) is 1.00. The number of likely N-dealkylation sites (tertiary alicyclic amines) is 1. The van der Waals surface area contributed by atoms with Gasteiger partial charge in [0.25, 0.3) is 0 Å². The van der Waals surface area contributed by atoms with Crippen molar-refractivity contribution >= 4 is 10.4 Å². The van der Waals surface area contributed by atoms with Crippen LogP contribution in [-0.4, -0.2) is 37.7 Å². The second-order valence-corrected chi connectivity index (χ2v) is 4.00. The summed E-state index contributed by atoms with van der Waals surface area (Å²) in [6.07, 6.45) is 2.14. The molecule has 1 aliphatic rings. The highest BCUT2D eigenvalue weighted by Gasteiger charge is 2.23. The summed E-state index contributed by atoms with van der Waals surface area (Å²) in [7, 11) is -2.53. The minimum Gasteiger partial charge on any atom is -0.280 e. The highest BCUT2D eigenvalue weighted by atomic mass is 32.3. The molecular formula is C6H13NO4S. The van der Waals surface area contributed by atoms with Crippen LogP contribution in [0.3, 0.4) is 0 Å². The van der Waals surface area contributed by atoms with Gasteiger partial charge >= 0.3 is 10.4 Å². The fourth-order valence-electron chi connectivity index (χ4n) is 1.31. The first-order chi connectivity index (χ1) is 5.49. The van der Waals surface area contributed by atoms with E-state index in [-0.39, 0.29) is 0 Å². The van der Waals surface area contributed by atoms with Gasteiger partial charge in [0.05, 0.1) is 0 Å². The highest BCUT2D eigenvalue weighted by Crippen LogP contribution is 2.16. The molecule has 1 saturated heterocycles. The summed E-state index contributed by atoms with van der Waals surface area (Å²) < 4.78 is 33.6. The molecule has 1 aliphatic heterocycles. The zero-order valence-electron chi connectivity index (χ0n) is 6.93. The largest absolute Gasteiger partial charge is 0.398 e. The summed E-state index contributed by atoms with van der Waals surface area (Å²) in [5.41, 5.74) is 0. The third kappa shape index (κ3) is 3.06. The SMILES string of the molecule is CN1CCCCC1OS(=O)(=O)O. The van der Waals surface area contributed by atoms with Gasteiger partial charge in [-0.05, 0) is 26.3 Å². The normalized spacial score (nSPS) is 27.3. The lowest BCUT2D eigenvalue weighted by Gasteiger charge is -2.30. The highest BCUT2D eigenvalue weighted by molar-refractivity contribution is 7.80. The van der Waals surface area contributed by atoms with Gasteiger partial charge < -0.3 is 0 Å². The molecule has 0 saturated carbocycles. The monoisotopic (exact) mass is 195 g/mol. The molecule has 0 bridgehead atoms. The van der Waals surface area contributed by atoms with Gasteiger partial charge in [0.15, 0.2) is 0 Å². The summed E-state index contributed by atoms with van der Waals surface area (Å²) in [5, 5.41) is 0. The number of hydrogen-bond donors (Lipinski definition) is 1. The molecule has 0 amide bonds. The quantitative estimate of drug-likeness (QED) is 0.640. The Bertz CT molecular complexity index is 238. The van der Waals surface area contributed by atoms with Gasteiger partial charge in [0.1, 0.15) is 6.23 Å². The van der Waals surface area contributed by atoms with Gasteiger partial charge in [-0.1, -0.05) is 0 Å².